The minimum absolute atomic E-state index is 0.197. The lowest BCUT2D eigenvalue weighted by Gasteiger charge is -2.39. The molecule has 2 N–H and O–H groups in total. The van der Waals surface area contributed by atoms with E-state index in [1.165, 1.54) is 25.0 Å². The molecule has 0 radical (unpaired) electrons. The molecule has 1 aliphatic carbocycles. The lowest BCUT2D eigenvalue weighted by atomic mass is 9.67. The van der Waals surface area contributed by atoms with E-state index in [0.717, 1.165) is 11.6 Å². The number of methoxy groups -OCH3 is 1. The van der Waals surface area contributed by atoms with Crippen molar-refractivity contribution >= 4 is 11.3 Å². The first-order valence-electron chi connectivity index (χ1n) is 4.95. The third kappa shape index (κ3) is 1.58. The van der Waals surface area contributed by atoms with Crippen molar-refractivity contribution in [2.75, 3.05) is 13.7 Å². The molecule has 2 rings (SSSR count). The Kier molecular flexibility index (Phi) is 2.85. The van der Waals surface area contributed by atoms with Gasteiger partial charge in [0.05, 0.1) is 12.3 Å². The van der Waals surface area contributed by atoms with Gasteiger partial charge in [-0.15, -0.1) is 11.3 Å². The van der Waals surface area contributed by atoms with Gasteiger partial charge in [0.15, 0.2) is 0 Å². The summed E-state index contributed by atoms with van der Waals surface area (Å²) < 4.78 is 5.06. The molecule has 14 heavy (non-hydrogen) atoms. The average Bonchev–Trinajstić information content (AvgIpc) is 2.54. The second-order valence-electron chi connectivity index (χ2n) is 3.90. The van der Waals surface area contributed by atoms with Crippen LogP contribution in [0.5, 0.6) is 0 Å². The summed E-state index contributed by atoms with van der Waals surface area (Å²) in [4.78, 5) is 4.58. The van der Waals surface area contributed by atoms with Crippen LogP contribution < -0.4 is 5.73 Å². The largest absolute Gasteiger partial charge is 0.378 e. The molecule has 0 amide bonds. The standard InChI is InChI=1S/C10H16N2OS/c1-13-5-9-12-8(6-14-9)10(7-11)3-2-4-10/h6H,2-5,7,11H2,1H3. The van der Waals surface area contributed by atoms with E-state index in [0.29, 0.717) is 6.61 Å². The summed E-state index contributed by atoms with van der Waals surface area (Å²) in [5.74, 6) is 0. The maximum atomic E-state index is 5.82. The van der Waals surface area contributed by atoms with Crippen molar-refractivity contribution in [3.8, 4) is 0 Å². The number of hydrogen-bond donors (Lipinski definition) is 1. The fraction of sp³-hybridized carbons (Fsp3) is 0.700. The maximum Gasteiger partial charge on any atom is 0.119 e. The summed E-state index contributed by atoms with van der Waals surface area (Å²) in [6.45, 7) is 1.34. The second-order valence-corrected chi connectivity index (χ2v) is 4.84. The quantitative estimate of drug-likeness (QED) is 0.826. The van der Waals surface area contributed by atoms with Crippen molar-refractivity contribution in [3.05, 3.63) is 16.1 Å². The van der Waals surface area contributed by atoms with E-state index in [1.807, 2.05) is 0 Å². The highest BCUT2D eigenvalue weighted by atomic mass is 32.1. The first-order valence-corrected chi connectivity index (χ1v) is 5.82. The molecule has 1 fully saturated rings. The van der Waals surface area contributed by atoms with Gasteiger partial charge in [0.2, 0.25) is 0 Å². The van der Waals surface area contributed by atoms with Crippen LogP contribution in [-0.2, 0) is 16.8 Å². The van der Waals surface area contributed by atoms with Crippen LogP contribution in [0.25, 0.3) is 0 Å². The molecule has 0 saturated heterocycles. The van der Waals surface area contributed by atoms with Crippen molar-refractivity contribution in [2.45, 2.75) is 31.3 Å². The highest BCUT2D eigenvalue weighted by Crippen LogP contribution is 2.42. The molecule has 78 valence electrons. The Morgan fingerprint density at radius 1 is 1.64 bits per heavy atom. The van der Waals surface area contributed by atoms with E-state index in [9.17, 15) is 0 Å². The Morgan fingerprint density at radius 3 is 2.93 bits per heavy atom. The summed E-state index contributed by atoms with van der Waals surface area (Å²) >= 11 is 1.67. The molecule has 1 heterocycles. The molecule has 1 aromatic heterocycles. The lowest BCUT2D eigenvalue weighted by molar-refractivity contribution is 0.183. The Labute approximate surface area is 88.3 Å². The molecular formula is C10H16N2OS. The first-order chi connectivity index (χ1) is 6.80. The normalized spacial score (nSPS) is 19.3. The zero-order valence-electron chi connectivity index (χ0n) is 8.45. The summed E-state index contributed by atoms with van der Waals surface area (Å²) in [6, 6.07) is 0. The highest BCUT2D eigenvalue weighted by molar-refractivity contribution is 7.09. The molecule has 0 aromatic carbocycles. The lowest BCUT2D eigenvalue weighted by Crippen LogP contribution is -2.41. The van der Waals surface area contributed by atoms with Crippen LogP contribution in [-0.4, -0.2) is 18.6 Å². The van der Waals surface area contributed by atoms with Gasteiger partial charge in [-0.1, -0.05) is 6.42 Å². The fourth-order valence-corrected chi connectivity index (χ4v) is 2.80. The molecule has 3 nitrogen and oxygen atoms in total. The molecule has 4 heteroatoms. The molecule has 1 aromatic rings. The predicted octanol–water partition coefficient (Wildman–Crippen LogP) is 1.67. The SMILES string of the molecule is COCc1nc(C2(CN)CCC2)cs1. The summed E-state index contributed by atoms with van der Waals surface area (Å²) in [7, 11) is 1.70. The summed E-state index contributed by atoms with van der Waals surface area (Å²) in [5, 5.41) is 3.20. The van der Waals surface area contributed by atoms with Crippen molar-refractivity contribution in [2.24, 2.45) is 5.73 Å². The Bertz CT molecular complexity index is 301. The number of rotatable bonds is 4. The topological polar surface area (TPSA) is 48.1 Å². The van der Waals surface area contributed by atoms with E-state index in [2.05, 4.69) is 10.4 Å². The third-order valence-corrected chi connectivity index (χ3v) is 3.89. The molecule has 0 unspecified atom stereocenters. The molecule has 0 bridgehead atoms. The number of ether oxygens (including phenoxy) is 1. The van der Waals surface area contributed by atoms with Gasteiger partial charge in [-0.05, 0) is 12.8 Å². The van der Waals surface area contributed by atoms with E-state index in [-0.39, 0.29) is 5.41 Å². The van der Waals surface area contributed by atoms with E-state index in [1.54, 1.807) is 18.4 Å². The Hall–Kier alpha value is -0.450. The van der Waals surface area contributed by atoms with Crippen molar-refractivity contribution in [1.82, 2.24) is 4.98 Å². The molecule has 0 spiro atoms. The van der Waals surface area contributed by atoms with Gasteiger partial charge in [0, 0.05) is 24.4 Å². The van der Waals surface area contributed by atoms with Crippen LogP contribution in [0, 0.1) is 0 Å². The predicted molar refractivity (Wildman–Crippen MR) is 57.4 cm³/mol. The molecule has 0 atom stereocenters. The smallest absolute Gasteiger partial charge is 0.119 e. The Morgan fingerprint density at radius 2 is 2.43 bits per heavy atom. The maximum absolute atomic E-state index is 5.82. The highest BCUT2D eigenvalue weighted by Gasteiger charge is 2.39. The van der Waals surface area contributed by atoms with E-state index >= 15 is 0 Å². The number of nitrogens with zero attached hydrogens (tertiary/aromatic N) is 1. The summed E-state index contributed by atoms with van der Waals surface area (Å²) in [6.07, 6.45) is 3.67. The zero-order chi connectivity index (χ0) is 10.0. The van der Waals surface area contributed by atoms with Crippen LogP contribution in [0.15, 0.2) is 5.38 Å². The minimum Gasteiger partial charge on any atom is -0.378 e. The van der Waals surface area contributed by atoms with Gasteiger partial charge >= 0.3 is 0 Å². The van der Waals surface area contributed by atoms with Gasteiger partial charge in [-0.3, -0.25) is 0 Å². The second kappa shape index (κ2) is 3.96. The van der Waals surface area contributed by atoms with Crippen LogP contribution in [0.3, 0.4) is 0 Å². The fourth-order valence-electron chi connectivity index (χ4n) is 1.91. The Balaban J connectivity index is 2.15. The number of nitrogens with two attached hydrogens (primary N) is 1. The van der Waals surface area contributed by atoms with Gasteiger partial charge < -0.3 is 10.5 Å². The van der Waals surface area contributed by atoms with Gasteiger partial charge in [0.25, 0.3) is 0 Å². The van der Waals surface area contributed by atoms with Crippen molar-refractivity contribution in [1.29, 1.82) is 0 Å². The molecule has 1 saturated carbocycles. The van der Waals surface area contributed by atoms with Gasteiger partial charge in [0.1, 0.15) is 5.01 Å². The number of aromatic nitrogens is 1. The first kappa shape index (κ1) is 10.1. The minimum atomic E-state index is 0.197. The molecular weight excluding hydrogens is 196 g/mol. The van der Waals surface area contributed by atoms with Crippen LogP contribution in [0.2, 0.25) is 0 Å². The van der Waals surface area contributed by atoms with E-state index < -0.39 is 0 Å². The van der Waals surface area contributed by atoms with Gasteiger partial charge in [-0.2, -0.15) is 0 Å². The number of hydrogen-bond acceptors (Lipinski definition) is 4. The van der Waals surface area contributed by atoms with Crippen LogP contribution in [0.1, 0.15) is 30.0 Å². The monoisotopic (exact) mass is 212 g/mol. The van der Waals surface area contributed by atoms with E-state index in [4.69, 9.17) is 10.5 Å². The van der Waals surface area contributed by atoms with Crippen molar-refractivity contribution in [3.63, 3.8) is 0 Å². The van der Waals surface area contributed by atoms with Crippen LogP contribution >= 0.6 is 11.3 Å². The summed E-state index contributed by atoms with van der Waals surface area (Å²) in [5.41, 5.74) is 7.20. The zero-order valence-corrected chi connectivity index (χ0v) is 9.27. The molecule has 1 aliphatic rings. The van der Waals surface area contributed by atoms with Crippen LogP contribution in [0.4, 0.5) is 0 Å². The average molecular weight is 212 g/mol. The van der Waals surface area contributed by atoms with Gasteiger partial charge in [-0.25, -0.2) is 4.98 Å². The number of thiazole rings is 1. The molecule has 0 aliphatic heterocycles. The third-order valence-electron chi connectivity index (χ3n) is 3.06. The van der Waals surface area contributed by atoms with Crippen molar-refractivity contribution < 1.29 is 4.74 Å².